The molecule has 1 aromatic carbocycles. The van der Waals surface area contributed by atoms with E-state index in [1.54, 1.807) is 0 Å². The molecule has 6 nitrogen and oxygen atoms in total. The molecule has 0 fully saturated rings. The number of benzene rings is 1. The van der Waals surface area contributed by atoms with Gasteiger partial charge in [0.25, 0.3) is 0 Å². The molecule has 0 atom stereocenters. The van der Waals surface area contributed by atoms with Crippen LogP contribution in [0.1, 0.15) is 5.56 Å². The van der Waals surface area contributed by atoms with Gasteiger partial charge in [-0.2, -0.15) is 0 Å². The van der Waals surface area contributed by atoms with Crippen LogP contribution in [0.15, 0.2) is 41.7 Å². The molecule has 7 heteroatoms. The molecular formula is C16H15N3O3S. The van der Waals surface area contributed by atoms with Gasteiger partial charge in [0.1, 0.15) is 5.52 Å². The highest BCUT2D eigenvalue weighted by molar-refractivity contribution is 7.90. The van der Waals surface area contributed by atoms with E-state index in [4.69, 9.17) is 4.74 Å². The summed E-state index contributed by atoms with van der Waals surface area (Å²) in [5, 5.41) is 0.427. The van der Waals surface area contributed by atoms with E-state index in [-0.39, 0.29) is 11.0 Å². The highest BCUT2D eigenvalue weighted by Gasteiger charge is 2.16. The van der Waals surface area contributed by atoms with Gasteiger partial charge in [-0.05, 0) is 18.6 Å². The van der Waals surface area contributed by atoms with Crippen molar-refractivity contribution < 1.29 is 13.2 Å². The number of hydrogen-bond donors (Lipinski definition) is 0. The molecule has 0 N–H and O–H groups in total. The first kappa shape index (κ1) is 15.4. The quantitative estimate of drug-likeness (QED) is 0.686. The van der Waals surface area contributed by atoms with Gasteiger partial charge in [0.05, 0.1) is 12.8 Å². The van der Waals surface area contributed by atoms with Crippen molar-refractivity contribution in [1.82, 2.24) is 15.0 Å². The van der Waals surface area contributed by atoms with Gasteiger partial charge < -0.3 is 4.74 Å². The number of pyridine rings is 1. The minimum Gasteiger partial charge on any atom is -0.479 e. The highest BCUT2D eigenvalue weighted by atomic mass is 32.2. The fourth-order valence-corrected chi connectivity index (χ4v) is 2.81. The molecule has 2 heterocycles. The van der Waals surface area contributed by atoms with Crippen molar-refractivity contribution in [2.45, 2.75) is 12.1 Å². The number of ether oxygens (including phenoxy) is 1. The summed E-state index contributed by atoms with van der Waals surface area (Å²) in [5.74, 6) is 0.271. The molecule has 3 aromatic rings. The molecule has 0 aliphatic heterocycles. The molecule has 0 aliphatic rings. The molecule has 0 radical (unpaired) electrons. The largest absolute Gasteiger partial charge is 0.479 e. The molecular weight excluding hydrogens is 314 g/mol. The summed E-state index contributed by atoms with van der Waals surface area (Å²) in [6.45, 7) is 2.00. The third-order valence-corrected chi connectivity index (χ3v) is 4.32. The fraction of sp³-hybridized carbons (Fsp3) is 0.188. The zero-order valence-electron chi connectivity index (χ0n) is 12.9. The van der Waals surface area contributed by atoms with Crippen LogP contribution < -0.4 is 4.74 Å². The van der Waals surface area contributed by atoms with Crippen LogP contribution in [-0.4, -0.2) is 36.7 Å². The van der Waals surface area contributed by atoms with E-state index in [2.05, 4.69) is 15.0 Å². The predicted molar refractivity (Wildman–Crippen MR) is 87.2 cm³/mol. The van der Waals surface area contributed by atoms with Crippen LogP contribution >= 0.6 is 0 Å². The van der Waals surface area contributed by atoms with E-state index in [1.165, 1.54) is 13.3 Å². The van der Waals surface area contributed by atoms with Crippen LogP contribution in [0.5, 0.6) is 5.88 Å². The lowest BCUT2D eigenvalue weighted by molar-refractivity contribution is 0.402. The Hall–Kier alpha value is -2.54. The second-order valence-corrected chi connectivity index (χ2v) is 7.10. The maximum absolute atomic E-state index is 11.6. The van der Waals surface area contributed by atoms with Crippen molar-refractivity contribution in [3.63, 3.8) is 0 Å². The van der Waals surface area contributed by atoms with Gasteiger partial charge in [-0.15, -0.1) is 0 Å². The summed E-state index contributed by atoms with van der Waals surface area (Å²) < 4.78 is 28.5. The van der Waals surface area contributed by atoms with Crippen LogP contribution in [0.4, 0.5) is 0 Å². The molecule has 0 amide bonds. The van der Waals surface area contributed by atoms with Crippen LogP contribution in [0.25, 0.3) is 22.2 Å². The Balaban J connectivity index is 2.28. The summed E-state index contributed by atoms with van der Waals surface area (Å²) in [6.07, 6.45) is 2.54. The SMILES string of the molecule is COc1nc(-c2ccccc2C)cc2cnc(S(C)(=O)=O)nc12. The summed E-state index contributed by atoms with van der Waals surface area (Å²) in [5.41, 5.74) is 3.15. The van der Waals surface area contributed by atoms with E-state index in [0.29, 0.717) is 10.9 Å². The average molecular weight is 329 g/mol. The molecule has 0 spiro atoms. The monoisotopic (exact) mass is 329 g/mol. The lowest BCUT2D eigenvalue weighted by Gasteiger charge is -2.10. The summed E-state index contributed by atoms with van der Waals surface area (Å²) in [6, 6.07) is 9.68. The van der Waals surface area contributed by atoms with Gasteiger partial charge in [0, 0.05) is 23.4 Å². The number of rotatable bonds is 3. The Morgan fingerprint density at radius 2 is 1.87 bits per heavy atom. The number of aromatic nitrogens is 3. The van der Waals surface area contributed by atoms with Crippen LogP contribution in [0.3, 0.4) is 0 Å². The van der Waals surface area contributed by atoms with Crippen molar-refractivity contribution in [1.29, 1.82) is 0 Å². The molecule has 0 bridgehead atoms. The van der Waals surface area contributed by atoms with Crippen LogP contribution in [0.2, 0.25) is 0 Å². The van der Waals surface area contributed by atoms with Gasteiger partial charge >= 0.3 is 0 Å². The Kier molecular flexibility index (Phi) is 3.73. The van der Waals surface area contributed by atoms with Gasteiger partial charge in [-0.25, -0.2) is 23.4 Å². The molecule has 2 aromatic heterocycles. The summed E-state index contributed by atoms with van der Waals surface area (Å²) in [4.78, 5) is 12.5. The van der Waals surface area contributed by atoms with E-state index in [9.17, 15) is 8.42 Å². The third kappa shape index (κ3) is 2.87. The molecule has 23 heavy (non-hydrogen) atoms. The van der Waals surface area contributed by atoms with Crippen molar-refractivity contribution in [3.8, 4) is 17.1 Å². The van der Waals surface area contributed by atoms with Gasteiger partial charge in [-0.3, -0.25) is 0 Å². The lowest BCUT2D eigenvalue weighted by atomic mass is 10.0. The Morgan fingerprint density at radius 3 is 2.52 bits per heavy atom. The first-order valence-corrected chi connectivity index (χ1v) is 8.77. The fourth-order valence-electron chi connectivity index (χ4n) is 2.31. The number of nitrogens with zero attached hydrogens (tertiary/aromatic N) is 3. The normalized spacial score (nSPS) is 11.6. The van der Waals surface area contributed by atoms with E-state index in [0.717, 1.165) is 23.1 Å². The molecule has 118 valence electrons. The molecule has 0 saturated carbocycles. The first-order chi connectivity index (χ1) is 10.9. The van der Waals surface area contributed by atoms with Gasteiger partial charge in [-0.1, -0.05) is 24.3 Å². The van der Waals surface area contributed by atoms with Gasteiger partial charge in [0.15, 0.2) is 0 Å². The minimum absolute atomic E-state index is 0.242. The molecule has 3 rings (SSSR count). The number of fused-ring (bicyclic) bond motifs is 1. The average Bonchev–Trinajstić information content (AvgIpc) is 2.52. The minimum atomic E-state index is -3.49. The van der Waals surface area contributed by atoms with Gasteiger partial charge in [0.2, 0.25) is 20.9 Å². The standard InChI is InChI=1S/C16H15N3O3S/c1-10-6-4-5-7-12(10)13-8-11-9-17-16(23(3,20)21)19-14(11)15(18-13)22-2/h4-9H,1-3H3. The Bertz CT molecular complexity index is 1000. The number of aryl methyl sites for hydroxylation is 1. The topological polar surface area (TPSA) is 82.0 Å². The maximum Gasteiger partial charge on any atom is 0.247 e. The molecule has 0 saturated heterocycles. The Labute approximate surface area is 134 Å². The smallest absolute Gasteiger partial charge is 0.247 e. The molecule has 0 aliphatic carbocycles. The number of methoxy groups -OCH3 is 1. The Morgan fingerprint density at radius 1 is 1.13 bits per heavy atom. The van der Waals surface area contributed by atoms with Crippen molar-refractivity contribution in [3.05, 3.63) is 42.1 Å². The van der Waals surface area contributed by atoms with Crippen molar-refractivity contribution in [2.24, 2.45) is 0 Å². The third-order valence-electron chi connectivity index (χ3n) is 3.46. The summed E-state index contributed by atoms with van der Waals surface area (Å²) >= 11 is 0. The van der Waals surface area contributed by atoms with Crippen molar-refractivity contribution in [2.75, 3.05) is 13.4 Å². The zero-order valence-corrected chi connectivity index (χ0v) is 13.8. The van der Waals surface area contributed by atoms with E-state index >= 15 is 0 Å². The van der Waals surface area contributed by atoms with Crippen LogP contribution in [0, 0.1) is 6.92 Å². The number of sulfone groups is 1. The maximum atomic E-state index is 11.6. The lowest BCUT2D eigenvalue weighted by Crippen LogP contribution is -2.05. The second-order valence-electron chi connectivity index (χ2n) is 5.19. The predicted octanol–water partition coefficient (Wildman–Crippen LogP) is 2.41. The number of hydrogen-bond acceptors (Lipinski definition) is 6. The van der Waals surface area contributed by atoms with Crippen LogP contribution in [-0.2, 0) is 9.84 Å². The van der Waals surface area contributed by atoms with Crippen molar-refractivity contribution >= 4 is 20.7 Å². The highest BCUT2D eigenvalue weighted by Crippen LogP contribution is 2.29. The zero-order chi connectivity index (χ0) is 16.6. The summed E-state index contributed by atoms with van der Waals surface area (Å²) in [7, 11) is -2.02. The van der Waals surface area contributed by atoms with E-state index in [1.807, 2.05) is 37.3 Å². The molecule has 0 unspecified atom stereocenters. The second kappa shape index (κ2) is 5.58. The van der Waals surface area contributed by atoms with E-state index < -0.39 is 9.84 Å². The first-order valence-electron chi connectivity index (χ1n) is 6.88.